The van der Waals surface area contributed by atoms with Gasteiger partial charge < -0.3 is 9.31 Å². The van der Waals surface area contributed by atoms with Gasteiger partial charge in [-0.1, -0.05) is 42.8 Å². The number of allylic oxidation sites excluding steroid dienone is 1. The predicted molar refractivity (Wildman–Crippen MR) is 86.2 cm³/mol. The van der Waals surface area contributed by atoms with E-state index in [-0.39, 0.29) is 18.3 Å². The van der Waals surface area contributed by atoms with Crippen molar-refractivity contribution in [2.45, 2.75) is 59.2 Å². The maximum atomic E-state index is 6.11. The number of benzene rings is 1. The molecular weight excluding hydrogens is 247 g/mol. The highest BCUT2D eigenvalue weighted by atomic mass is 16.7. The van der Waals surface area contributed by atoms with E-state index < -0.39 is 0 Å². The molecule has 0 amide bonds. The van der Waals surface area contributed by atoms with E-state index >= 15 is 0 Å². The molecule has 0 saturated carbocycles. The van der Waals surface area contributed by atoms with Gasteiger partial charge in [0, 0.05) is 0 Å². The molecule has 0 bridgehead atoms. The Kier molecular flexibility index (Phi) is 4.13. The van der Waals surface area contributed by atoms with Crippen molar-refractivity contribution in [3.05, 3.63) is 35.4 Å². The number of hydrogen-bond donors (Lipinski definition) is 0. The lowest BCUT2D eigenvalue weighted by molar-refractivity contribution is 0.00578. The first-order valence-electron chi connectivity index (χ1n) is 7.39. The van der Waals surface area contributed by atoms with Crippen LogP contribution in [0.25, 0.3) is 6.08 Å². The van der Waals surface area contributed by atoms with E-state index in [0.717, 1.165) is 11.9 Å². The molecule has 1 heterocycles. The average Bonchev–Trinajstić information content (AvgIpc) is 2.55. The zero-order chi connectivity index (χ0) is 15.0. The van der Waals surface area contributed by atoms with E-state index in [1.165, 1.54) is 11.1 Å². The summed E-state index contributed by atoms with van der Waals surface area (Å²) in [6.45, 7) is 12.6. The number of aryl methyl sites for hydroxylation is 1. The maximum absolute atomic E-state index is 6.11. The highest BCUT2D eigenvalue weighted by Gasteiger charge is 2.51. The molecule has 0 spiro atoms. The smallest absolute Gasteiger partial charge is 0.399 e. The minimum atomic E-state index is -0.287. The molecule has 1 saturated heterocycles. The SMILES string of the molecule is CCC=Cc1ccc(B2OC(C)(C)C(C)(C)O2)c(C)c1. The van der Waals surface area contributed by atoms with Crippen LogP contribution < -0.4 is 5.46 Å². The first kappa shape index (κ1) is 15.3. The van der Waals surface area contributed by atoms with Gasteiger partial charge in [0.15, 0.2) is 0 Å². The van der Waals surface area contributed by atoms with E-state index in [4.69, 9.17) is 9.31 Å². The van der Waals surface area contributed by atoms with Gasteiger partial charge in [0.25, 0.3) is 0 Å². The van der Waals surface area contributed by atoms with Crippen molar-refractivity contribution in [3.63, 3.8) is 0 Å². The lowest BCUT2D eigenvalue weighted by Gasteiger charge is -2.32. The minimum absolute atomic E-state index is 0.274. The molecule has 0 aliphatic carbocycles. The third-order valence-corrected chi connectivity index (χ3v) is 4.35. The van der Waals surface area contributed by atoms with Gasteiger partial charge in [-0.05, 0) is 52.1 Å². The second-order valence-electron chi connectivity index (χ2n) is 6.51. The van der Waals surface area contributed by atoms with Crippen molar-refractivity contribution >= 4 is 18.7 Å². The third-order valence-electron chi connectivity index (χ3n) is 4.35. The largest absolute Gasteiger partial charge is 0.495 e. The topological polar surface area (TPSA) is 18.5 Å². The standard InChI is InChI=1S/C17H25BO2/c1-7-8-9-14-10-11-15(13(2)12-14)18-19-16(3,4)17(5,6)20-18/h8-12H,7H2,1-6H3. The average molecular weight is 272 g/mol. The van der Waals surface area contributed by atoms with Crippen molar-refractivity contribution in [3.8, 4) is 0 Å². The Balaban J connectivity index is 2.25. The fourth-order valence-electron chi connectivity index (χ4n) is 2.29. The first-order chi connectivity index (χ1) is 9.27. The molecule has 0 aromatic heterocycles. The Hall–Kier alpha value is -1.06. The summed E-state index contributed by atoms with van der Waals surface area (Å²) >= 11 is 0. The van der Waals surface area contributed by atoms with E-state index in [1.807, 2.05) is 0 Å². The first-order valence-corrected chi connectivity index (χ1v) is 7.39. The predicted octanol–water partition coefficient (Wildman–Crippen LogP) is 3.72. The van der Waals surface area contributed by atoms with Crippen LogP contribution >= 0.6 is 0 Å². The van der Waals surface area contributed by atoms with Crippen LogP contribution in [0.1, 0.15) is 52.2 Å². The molecule has 20 heavy (non-hydrogen) atoms. The number of rotatable bonds is 3. The summed E-state index contributed by atoms with van der Waals surface area (Å²) in [6.07, 6.45) is 5.38. The molecule has 2 rings (SSSR count). The molecular formula is C17H25BO2. The molecule has 2 nitrogen and oxygen atoms in total. The normalized spacial score (nSPS) is 20.8. The van der Waals surface area contributed by atoms with Gasteiger partial charge in [0.2, 0.25) is 0 Å². The molecule has 1 aromatic rings. The van der Waals surface area contributed by atoms with Gasteiger partial charge in [-0.3, -0.25) is 0 Å². The summed E-state index contributed by atoms with van der Waals surface area (Å²) in [6, 6.07) is 6.43. The molecule has 108 valence electrons. The highest BCUT2D eigenvalue weighted by Crippen LogP contribution is 2.36. The van der Waals surface area contributed by atoms with Crippen LogP contribution in [0.5, 0.6) is 0 Å². The van der Waals surface area contributed by atoms with Crippen molar-refractivity contribution in [1.29, 1.82) is 0 Å². The van der Waals surface area contributed by atoms with E-state index in [2.05, 4.69) is 71.9 Å². The Morgan fingerprint density at radius 3 is 2.20 bits per heavy atom. The Bertz CT molecular complexity index is 502. The number of hydrogen-bond acceptors (Lipinski definition) is 2. The summed E-state index contributed by atoms with van der Waals surface area (Å²) in [5.74, 6) is 0. The second-order valence-corrected chi connectivity index (χ2v) is 6.51. The molecule has 0 radical (unpaired) electrons. The molecule has 1 aliphatic rings. The molecule has 3 heteroatoms. The monoisotopic (exact) mass is 272 g/mol. The summed E-state index contributed by atoms with van der Waals surface area (Å²) < 4.78 is 12.2. The maximum Gasteiger partial charge on any atom is 0.495 e. The van der Waals surface area contributed by atoms with Crippen LogP contribution in [0.15, 0.2) is 24.3 Å². The van der Waals surface area contributed by atoms with E-state index in [1.54, 1.807) is 0 Å². The summed E-state index contributed by atoms with van der Waals surface area (Å²) in [4.78, 5) is 0. The zero-order valence-corrected chi connectivity index (χ0v) is 13.5. The molecule has 1 fully saturated rings. The fraction of sp³-hybridized carbons (Fsp3) is 0.529. The van der Waals surface area contributed by atoms with Crippen LogP contribution in [0.2, 0.25) is 0 Å². The van der Waals surface area contributed by atoms with Crippen LogP contribution in [-0.2, 0) is 9.31 Å². The van der Waals surface area contributed by atoms with E-state index in [9.17, 15) is 0 Å². The Labute approximate surface area is 123 Å². The van der Waals surface area contributed by atoms with Gasteiger partial charge >= 0.3 is 7.12 Å². The van der Waals surface area contributed by atoms with Crippen LogP contribution in [0.4, 0.5) is 0 Å². The molecule has 0 atom stereocenters. The summed E-state index contributed by atoms with van der Waals surface area (Å²) in [5.41, 5.74) is 2.99. The van der Waals surface area contributed by atoms with Gasteiger partial charge in [0.1, 0.15) is 0 Å². The van der Waals surface area contributed by atoms with Gasteiger partial charge in [0.05, 0.1) is 11.2 Å². The van der Waals surface area contributed by atoms with Crippen molar-refractivity contribution < 1.29 is 9.31 Å². The van der Waals surface area contributed by atoms with Crippen molar-refractivity contribution in [1.82, 2.24) is 0 Å². The minimum Gasteiger partial charge on any atom is -0.399 e. The molecule has 1 aromatic carbocycles. The fourth-order valence-corrected chi connectivity index (χ4v) is 2.29. The lowest BCUT2D eigenvalue weighted by Crippen LogP contribution is -2.41. The summed E-state index contributed by atoms with van der Waals surface area (Å²) in [7, 11) is -0.274. The lowest BCUT2D eigenvalue weighted by atomic mass is 9.76. The molecule has 0 N–H and O–H groups in total. The van der Waals surface area contributed by atoms with Gasteiger partial charge in [-0.25, -0.2) is 0 Å². The van der Waals surface area contributed by atoms with Gasteiger partial charge in [-0.2, -0.15) is 0 Å². The zero-order valence-electron chi connectivity index (χ0n) is 13.5. The summed E-state index contributed by atoms with van der Waals surface area (Å²) in [5, 5.41) is 0. The molecule has 0 unspecified atom stereocenters. The highest BCUT2D eigenvalue weighted by molar-refractivity contribution is 6.62. The van der Waals surface area contributed by atoms with Crippen molar-refractivity contribution in [2.75, 3.05) is 0 Å². The van der Waals surface area contributed by atoms with Crippen LogP contribution in [0.3, 0.4) is 0 Å². The Morgan fingerprint density at radius 1 is 1.10 bits per heavy atom. The quantitative estimate of drug-likeness (QED) is 0.781. The van der Waals surface area contributed by atoms with E-state index in [0.29, 0.717) is 0 Å². The van der Waals surface area contributed by atoms with Crippen molar-refractivity contribution in [2.24, 2.45) is 0 Å². The Morgan fingerprint density at radius 2 is 1.70 bits per heavy atom. The van der Waals surface area contributed by atoms with Gasteiger partial charge in [-0.15, -0.1) is 0 Å². The second kappa shape index (κ2) is 5.38. The molecule has 1 aliphatic heterocycles. The third kappa shape index (κ3) is 2.84. The van der Waals surface area contributed by atoms with Crippen LogP contribution in [0, 0.1) is 6.92 Å². The van der Waals surface area contributed by atoms with Crippen LogP contribution in [-0.4, -0.2) is 18.3 Å².